The van der Waals surface area contributed by atoms with E-state index in [0.29, 0.717) is 36.9 Å². The summed E-state index contributed by atoms with van der Waals surface area (Å²) in [4.78, 5) is 0. The van der Waals surface area contributed by atoms with Crippen molar-refractivity contribution in [3.05, 3.63) is 12.4 Å². The van der Waals surface area contributed by atoms with Gasteiger partial charge in [0.1, 0.15) is 9.84 Å². The largest absolute Gasteiger partial charge is 0.490 e. The van der Waals surface area contributed by atoms with Gasteiger partial charge in [-0.15, -0.1) is 0 Å². The lowest BCUT2D eigenvalue weighted by atomic mass is 10.0. The second-order valence-electron chi connectivity index (χ2n) is 4.26. The molecule has 0 N–H and O–H groups in total. The van der Waals surface area contributed by atoms with Crippen molar-refractivity contribution in [2.24, 2.45) is 13.0 Å². The molecule has 1 saturated heterocycles. The summed E-state index contributed by atoms with van der Waals surface area (Å²) in [6, 6.07) is 0. The van der Waals surface area contributed by atoms with Gasteiger partial charge in [0, 0.05) is 7.05 Å². The van der Waals surface area contributed by atoms with Crippen LogP contribution in [0.4, 0.5) is 0 Å². The van der Waals surface area contributed by atoms with Gasteiger partial charge in [0.15, 0.2) is 5.75 Å². The lowest BCUT2D eigenvalue weighted by Crippen LogP contribution is -2.26. The normalized spacial score (nSPS) is 20.8. The third-order valence-corrected chi connectivity index (χ3v) is 4.56. The summed E-state index contributed by atoms with van der Waals surface area (Å²) in [5.41, 5.74) is 0. The van der Waals surface area contributed by atoms with Gasteiger partial charge in [0.05, 0.1) is 30.5 Å². The molecule has 0 unspecified atom stereocenters. The first kappa shape index (κ1) is 11.4. The summed E-state index contributed by atoms with van der Waals surface area (Å²) in [5.74, 6) is 1.70. The Balaban J connectivity index is 1.80. The Bertz CT molecular complexity index is 438. The molecule has 0 aromatic carbocycles. The molecular weight excluding hydrogens is 228 g/mol. The monoisotopic (exact) mass is 244 g/mol. The number of hydrogen-bond donors (Lipinski definition) is 0. The third kappa shape index (κ3) is 2.98. The number of hydrogen-bond acceptors (Lipinski definition) is 4. The lowest BCUT2D eigenvalue weighted by molar-refractivity contribution is 0.238. The van der Waals surface area contributed by atoms with Crippen LogP contribution >= 0.6 is 0 Å². The number of aromatic nitrogens is 2. The summed E-state index contributed by atoms with van der Waals surface area (Å²) in [7, 11) is -0.933. The van der Waals surface area contributed by atoms with Crippen LogP contribution in [0.1, 0.15) is 12.8 Å². The highest BCUT2D eigenvalue weighted by atomic mass is 32.2. The average molecular weight is 244 g/mol. The van der Waals surface area contributed by atoms with Gasteiger partial charge in [-0.3, -0.25) is 4.68 Å². The Hall–Kier alpha value is -1.04. The molecule has 1 aromatic heterocycles. The number of aryl methyl sites for hydroxylation is 1. The maximum absolute atomic E-state index is 11.2. The molecule has 0 atom stereocenters. The molecule has 2 rings (SSSR count). The van der Waals surface area contributed by atoms with E-state index >= 15 is 0 Å². The van der Waals surface area contributed by atoms with Crippen LogP contribution in [0, 0.1) is 5.92 Å². The van der Waals surface area contributed by atoms with Crippen molar-refractivity contribution in [3.63, 3.8) is 0 Å². The van der Waals surface area contributed by atoms with Gasteiger partial charge in [-0.05, 0) is 18.8 Å². The van der Waals surface area contributed by atoms with Gasteiger partial charge >= 0.3 is 0 Å². The van der Waals surface area contributed by atoms with Crippen LogP contribution in [0.2, 0.25) is 0 Å². The highest BCUT2D eigenvalue weighted by Gasteiger charge is 2.23. The quantitative estimate of drug-likeness (QED) is 0.782. The zero-order valence-corrected chi connectivity index (χ0v) is 10.1. The van der Waals surface area contributed by atoms with Gasteiger partial charge in [-0.2, -0.15) is 5.10 Å². The molecule has 1 aliphatic rings. The van der Waals surface area contributed by atoms with Crippen LogP contribution < -0.4 is 4.74 Å². The fourth-order valence-corrected chi connectivity index (χ4v) is 3.38. The molecule has 2 heterocycles. The van der Waals surface area contributed by atoms with Crippen LogP contribution in [0.5, 0.6) is 5.75 Å². The van der Waals surface area contributed by atoms with E-state index in [4.69, 9.17) is 4.74 Å². The van der Waals surface area contributed by atoms with Crippen molar-refractivity contribution in [2.45, 2.75) is 12.8 Å². The zero-order valence-electron chi connectivity index (χ0n) is 9.30. The first-order valence-electron chi connectivity index (χ1n) is 5.37. The molecule has 0 bridgehead atoms. The third-order valence-electron chi connectivity index (χ3n) is 2.84. The highest BCUT2D eigenvalue weighted by molar-refractivity contribution is 7.91. The van der Waals surface area contributed by atoms with Crippen LogP contribution in [0.3, 0.4) is 0 Å². The standard InChI is InChI=1S/C10H16N2O3S/c1-12-7-10(6-11-12)15-8-9-2-4-16(13,14)5-3-9/h6-7,9H,2-5,8H2,1H3. The maximum atomic E-state index is 11.2. The smallest absolute Gasteiger partial charge is 0.157 e. The van der Waals surface area contributed by atoms with E-state index in [1.54, 1.807) is 17.1 Å². The van der Waals surface area contributed by atoms with Crippen molar-refractivity contribution < 1.29 is 13.2 Å². The van der Waals surface area contributed by atoms with Crippen molar-refractivity contribution >= 4 is 9.84 Å². The van der Waals surface area contributed by atoms with Crippen molar-refractivity contribution in [3.8, 4) is 5.75 Å². The minimum absolute atomic E-state index is 0.300. The Labute approximate surface area is 95.3 Å². The van der Waals surface area contributed by atoms with Crippen LogP contribution in [0.25, 0.3) is 0 Å². The molecule has 0 saturated carbocycles. The van der Waals surface area contributed by atoms with Crippen molar-refractivity contribution in [1.29, 1.82) is 0 Å². The topological polar surface area (TPSA) is 61.2 Å². The van der Waals surface area contributed by atoms with Gasteiger partial charge in [-0.25, -0.2) is 8.42 Å². The summed E-state index contributed by atoms with van der Waals surface area (Å²) >= 11 is 0. The number of nitrogens with zero attached hydrogens (tertiary/aromatic N) is 2. The summed E-state index contributed by atoms with van der Waals surface area (Å²) in [5, 5.41) is 4.00. The minimum atomic E-state index is -2.77. The first-order chi connectivity index (χ1) is 7.55. The second-order valence-corrected chi connectivity index (χ2v) is 6.56. The number of ether oxygens (including phenoxy) is 1. The van der Waals surface area contributed by atoms with E-state index in [1.807, 2.05) is 7.05 Å². The Morgan fingerprint density at radius 1 is 1.50 bits per heavy atom. The van der Waals surface area contributed by atoms with Crippen molar-refractivity contribution in [2.75, 3.05) is 18.1 Å². The molecule has 1 fully saturated rings. The van der Waals surface area contributed by atoms with Gasteiger partial charge in [0.25, 0.3) is 0 Å². The molecule has 90 valence electrons. The second kappa shape index (κ2) is 4.45. The molecule has 0 spiro atoms. The minimum Gasteiger partial charge on any atom is -0.490 e. The highest BCUT2D eigenvalue weighted by Crippen LogP contribution is 2.20. The Kier molecular flexibility index (Phi) is 3.18. The Morgan fingerprint density at radius 2 is 2.19 bits per heavy atom. The molecule has 16 heavy (non-hydrogen) atoms. The lowest BCUT2D eigenvalue weighted by Gasteiger charge is -2.21. The van der Waals surface area contributed by atoms with E-state index in [9.17, 15) is 8.42 Å². The molecule has 5 nitrogen and oxygen atoms in total. The first-order valence-corrected chi connectivity index (χ1v) is 7.19. The summed E-state index contributed by atoms with van der Waals surface area (Å²) < 4.78 is 29.7. The van der Waals surface area contributed by atoms with Crippen molar-refractivity contribution in [1.82, 2.24) is 9.78 Å². The fraction of sp³-hybridized carbons (Fsp3) is 0.700. The molecule has 6 heteroatoms. The molecule has 0 amide bonds. The van der Waals surface area contributed by atoms with Crippen LogP contribution in [-0.4, -0.2) is 36.3 Å². The number of rotatable bonds is 3. The Morgan fingerprint density at radius 3 is 2.75 bits per heavy atom. The van der Waals surface area contributed by atoms with Gasteiger partial charge in [0.2, 0.25) is 0 Å². The van der Waals surface area contributed by atoms with E-state index in [1.165, 1.54) is 0 Å². The van der Waals surface area contributed by atoms with Gasteiger partial charge in [-0.1, -0.05) is 0 Å². The molecule has 0 radical (unpaired) electrons. The average Bonchev–Trinajstić information content (AvgIpc) is 2.63. The predicted octanol–water partition coefficient (Wildman–Crippen LogP) is 0.624. The molecular formula is C10H16N2O3S. The van der Waals surface area contributed by atoms with E-state index in [2.05, 4.69) is 5.10 Å². The van der Waals surface area contributed by atoms with E-state index in [0.717, 1.165) is 5.75 Å². The summed E-state index contributed by atoms with van der Waals surface area (Å²) in [6.07, 6.45) is 4.89. The van der Waals surface area contributed by atoms with E-state index < -0.39 is 9.84 Å². The fourth-order valence-electron chi connectivity index (χ4n) is 1.79. The van der Waals surface area contributed by atoms with Gasteiger partial charge < -0.3 is 4.74 Å². The summed E-state index contributed by atoms with van der Waals surface area (Å²) in [6.45, 7) is 0.585. The zero-order chi connectivity index (χ0) is 11.6. The maximum Gasteiger partial charge on any atom is 0.157 e. The van der Waals surface area contributed by atoms with Crippen LogP contribution in [-0.2, 0) is 16.9 Å². The molecule has 1 aromatic rings. The molecule has 1 aliphatic heterocycles. The SMILES string of the molecule is Cn1cc(OCC2CCS(=O)(=O)CC2)cn1. The molecule has 0 aliphatic carbocycles. The predicted molar refractivity (Wildman–Crippen MR) is 60.1 cm³/mol. The van der Waals surface area contributed by atoms with E-state index in [-0.39, 0.29) is 0 Å². The number of sulfone groups is 1. The van der Waals surface area contributed by atoms with Crippen LogP contribution in [0.15, 0.2) is 12.4 Å².